The zero-order chi connectivity index (χ0) is 25.2. The second-order valence-electron chi connectivity index (χ2n) is 7.52. The van der Waals surface area contributed by atoms with Gasteiger partial charge in [-0.2, -0.15) is 13.2 Å². The predicted octanol–water partition coefficient (Wildman–Crippen LogP) is 4.96. The van der Waals surface area contributed by atoms with Crippen LogP contribution in [-0.2, 0) is 6.54 Å². The predicted molar refractivity (Wildman–Crippen MR) is 126 cm³/mol. The number of aromatic hydroxyl groups is 1. The maximum atomic E-state index is 13.1. The molecule has 0 aliphatic carbocycles. The number of halogens is 3. The molecule has 4 aromatic rings. The van der Waals surface area contributed by atoms with E-state index in [1.807, 2.05) is 0 Å². The molecule has 0 spiro atoms. The van der Waals surface area contributed by atoms with Crippen LogP contribution in [0.4, 0.5) is 19.0 Å². The van der Waals surface area contributed by atoms with Crippen LogP contribution in [0.15, 0.2) is 82.6 Å². The lowest BCUT2D eigenvalue weighted by Gasteiger charge is -2.08. The molecule has 2 aromatic carbocycles. The average Bonchev–Trinajstić information content (AvgIpc) is 3.02. The summed E-state index contributed by atoms with van der Waals surface area (Å²) in [5.41, 5.74) is -3.38. The molecule has 4 rings (SSSR count). The molecular formula is C24H19F3N4O3S. The summed E-state index contributed by atoms with van der Waals surface area (Å²) in [5, 5.41) is 13.3. The van der Waals surface area contributed by atoms with E-state index in [2.05, 4.69) is 10.3 Å². The van der Waals surface area contributed by atoms with Crippen LogP contribution < -0.4 is 11.0 Å². The molecule has 0 atom stereocenters. The second-order valence-corrected chi connectivity index (χ2v) is 8.66. The first-order valence-corrected chi connectivity index (χ1v) is 11.1. The van der Waals surface area contributed by atoms with Gasteiger partial charge in [-0.25, -0.2) is 14.3 Å². The van der Waals surface area contributed by atoms with Gasteiger partial charge in [-0.1, -0.05) is 18.2 Å². The molecule has 1 amide bonds. The van der Waals surface area contributed by atoms with Gasteiger partial charge in [0, 0.05) is 16.7 Å². The molecule has 11 heteroatoms. The van der Waals surface area contributed by atoms with Crippen molar-refractivity contribution in [2.75, 3.05) is 5.32 Å². The van der Waals surface area contributed by atoms with Crippen LogP contribution in [0.5, 0.6) is 5.88 Å². The average molecular weight is 501 g/mol. The van der Waals surface area contributed by atoms with Crippen LogP contribution in [0.1, 0.15) is 21.6 Å². The lowest BCUT2D eigenvalue weighted by molar-refractivity contribution is -0.0328. The molecule has 2 heterocycles. The van der Waals surface area contributed by atoms with Gasteiger partial charge in [-0.05, 0) is 72.8 Å². The third-order valence-corrected chi connectivity index (χ3v) is 5.87. The number of aromatic nitrogens is 3. The van der Waals surface area contributed by atoms with Gasteiger partial charge in [0.15, 0.2) is 0 Å². The molecule has 0 radical (unpaired) electrons. The number of alkyl halides is 3. The summed E-state index contributed by atoms with van der Waals surface area (Å²) >= 11 is -0.264. The van der Waals surface area contributed by atoms with E-state index in [1.165, 1.54) is 35.0 Å². The summed E-state index contributed by atoms with van der Waals surface area (Å²) in [4.78, 5) is 29.6. The zero-order valence-electron chi connectivity index (χ0n) is 18.3. The Morgan fingerprint density at radius 1 is 1.09 bits per heavy atom. The first-order chi connectivity index (χ1) is 16.6. The van der Waals surface area contributed by atoms with Crippen molar-refractivity contribution in [2.24, 2.45) is 0 Å². The van der Waals surface area contributed by atoms with Crippen molar-refractivity contribution < 1.29 is 23.1 Å². The summed E-state index contributed by atoms with van der Waals surface area (Å²) in [6, 6.07) is 17.0. The Labute approximate surface area is 201 Å². The highest BCUT2D eigenvalue weighted by Gasteiger charge is 2.29. The van der Waals surface area contributed by atoms with Crippen LogP contribution in [0.2, 0.25) is 0 Å². The maximum Gasteiger partial charge on any atom is 0.446 e. The SMILES string of the molecule is Cc1c(O)n(-c2ccc(SC(F)(F)F)cc2)c(=O)n1Cc1ccnc(NC(=O)c2ccccc2)c1. The zero-order valence-corrected chi connectivity index (χ0v) is 19.1. The van der Waals surface area contributed by atoms with Gasteiger partial charge < -0.3 is 10.4 Å². The van der Waals surface area contributed by atoms with Gasteiger partial charge in [0.05, 0.1) is 17.9 Å². The number of hydrogen-bond donors (Lipinski definition) is 2. The second kappa shape index (κ2) is 9.71. The van der Waals surface area contributed by atoms with Crippen LogP contribution >= 0.6 is 11.8 Å². The Morgan fingerprint density at radius 2 is 1.77 bits per heavy atom. The number of carbonyl (C=O) groups excluding carboxylic acids is 1. The van der Waals surface area contributed by atoms with Gasteiger partial charge in [0.2, 0.25) is 5.88 Å². The normalized spacial score (nSPS) is 11.4. The lowest BCUT2D eigenvalue weighted by atomic mass is 10.2. The molecule has 0 saturated heterocycles. The molecule has 7 nitrogen and oxygen atoms in total. The molecule has 2 aromatic heterocycles. The Kier molecular flexibility index (Phi) is 6.70. The molecular weight excluding hydrogens is 481 g/mol. The third-order valence-electron chi connectivity index (χ3n) is 5.13. The summed E-state index contributed by atoms with van der Waals surface area (Å²) < 4.78 is 40.1. The number of rotatable bonds is 6. The van der Waals surface area contributed by atoms with E-state index in [4.69, 9.17) is 0 Å². The van der Waals surface area contributed by atoms with E-state index in [0.717, 1.165) is 4.57 Å². The summed E-state index contributed by atoms with van der Waals surface area (Å²) in [7, 11) is 0. The fourth-order valence-electron chi connectivity index (χ4n) is 3.45. The number of anilines is 1. The topological polar surface area (TPSA) is 89.2 Å². The fourth-order valence-corrected chi connectivity index (χ4v) is 3.99. The number of benzene rings is 2. The van der Waals surface area contributed by atoms with Crippen molar-refractivity contribution in [1.29, 1.82) is 0 Å². The van der Waals surface area contributed by atoms with Crippen LogP contribution in [0, 0.1) is 6.92 Å². The lowest BCUT2D eigenvalue weighted by Crippen LogP contribution is -2.24. The first kappa shape index (κ1) is 24.1. The smallest absolute Gasteiger partial charge is 0.446 e. The molecule has 0 unspecified atom stereocenters. The molecule has 0 saturated carbocycles. The fraction of sp³-hybridized carbons (Fsp3) is 0.125. The number of carbonyl (C=O) groups is 1. The van der Waals surface area contributed by atoms with Gasteiger partial charge in [0.1, 0.15) is 5.82 Å². The van der Waals surface area contributed by atoms with Crippen molar-refractivity contribution >= 4 is 23.5 Å². The Balaban J connectivity index is 1.57. The molecule has 35 heavy (non-hydrogen) atoms. The van der Waals surface area contributed by atoms with E-state index in [-0.39, 0.29) is 46.4 Å². The quantitative estimate of drug-likeness (QED) is 0.366. The summed E-state index contributed by atoms with van der Waals surface area (Å²) in [6.45, 7) is 1.63. The Hall–Kier alpha value is -3.99. The van der Waals surface area contributed by atoms with E-state index < -0.39 is 11.2 Å². The van der Waals surface area contributed by atoms with Gasteiger partial charge in [0.25, 0.3) is 5.91 Å². The molecule has 180 valence electrons. The van der Waals surface area contributed by atoms with Gasteiger partial charge in [-0.15, -0.1) is 0 Å². The molecule has 0 bridgehead atoms. The number of imidazole rings is 1. The van der Waals surface area contributed by atoms with Crippen LogP contribution in [0.3, 0.4) is 0 Å². The van der Waals surface area contributed by atoms with Crippen molar-refractivity contribution in [2.45, 2.75) is 23.9 Å². The highest BCUT2D eigenvalue weighted by Crippen LogP contribution is 2.37. The summed E-state index contributed by atoms with van der Waals surface area (Å²) in [5.74, 6) is -0.360. The number of pyridine rings is 1. The monoisotopic (exact) mass is 500 g/mol. The maximum absolute atomic E-state index is 13.1. The number of hydrogen-bond acceptors (Lipinski definition) is 5. The van der Waals surface area contributed by atoms with Gasteiger partial charge >= 0.3 is 11.2 Å². The van der Waals surface area contributed by atoms with Crippen molar-refractivity contribution in [1.82, 2.24) is 14.1 Å². The van der Waals surface area contributed by atoms with Crippen molar-refractivity contribution in [3.8, 4) is 11.6 Å². The molecule has 2 N–H and O–H groups in total. The van der Waals surface area contributed by atoms with Crippen LogP contribution in [0.25, 0.3) is 5.69 Å². The van der Waals surface area contributed by atoms with E-state index in [1.54, 1.807) is 49.4 Å². The number of amides is 1. The van der Waals surface area contributed by atoms with Crippen molar-refractivity contribution in [3.05, 3.63) is 100 Å². The molecule has 0 fully saturated rings. The highest BCUT2D eigenvalue weighted by molar-refractivity contribution is 8.00. The van der Waals surface area contributed by atoms with Gasteiger partial charge in [-0.3, -0.25) is 9.36 Å². The molecule has 0 aliphatic rings. The third kappa shape index (κ3) is 5.57. The van der Waals surface area contributed by atoms with E-state index in [9.17, 15) is 27.9 Å². The van der Waals surface area contributed by atoms with Crippen molar-refractivity contribution in [3.63, 3.8) is 0 Å². The standard InChI is InChI=1S/C24H19F3N4O3S/c1-15-22(33)31(18-7-9-19(10-8-18)35-24(25,26)27)23(34)30(15)14-16-11-12-28-20(13-16)29-21(32)17-5-3-2-4-6-17/h2-13,33H,14H2,1H3,(H,28,29,32). The largest absolute Gasteiger partial charge is 0.493 e. The number of nitrogens with zero attached hydrogens (tertiary/aromatic N) is 3. The number of thioether (sulfide) groups is 1. The minimum absolute atomic E-state index is 0.0354. The molecule has 0 aliphatic heterocycles. The van der Waals surface area contributed by atoms with E-state index in [0.29, 0.717) is 16.9 Å². The van der Waals surface area contributed by atoms with E-state index >= 15 is 0 Å². The summed E-state index contributed by atoms with van der Waals surface area (Å²) in [6.07, 6.45) is 1.49. The minimum atomic E-state index is -4.43. The van der Waals surface area contributed by atoms with Crippen LogP contribution in [-0.4, -0.2) is 30.6 Å². The number of nitrogens with one attached hydrogen (secondary N) is 1. The Bertz CT molecular complexity index is 1410. The highest BCUT2D eigenvalue weighted by atomic mass is 32.2. The first-order valence-electron chi connectivity index (χ1n) is 10.3. The minimum Gasteiger partial charge on any atom is -0.493 e. The Morgan fingerprint density at radius 3 is 2.43 bits per heavy atom.